The van der Waals surface area contributed by atoms with E-state index in [4.69, 9.17) is 48.1 Å². The maximum Gasteiger partial charge on any atom is 0.335 e. The number of nitrogens with zero attached hydrogens (tertiary/aromatic N) is 7. The van der Waals surface area contributed by atoms with Crippen LogP contribution >= 0.6 is 23.2 Å². The molecule has 0 aliphatic heterocycles. The van der Waals surface area contributed by atoms with E-state index >= 15 is 0 Å². The second-order valence-electron chi connectivity index (χ2n) is 17.2. The largest absolute Gasteiger partial charge is 0.399 e. The number of amides is 2. The Morgan fingerprint density at radius 3 is 1.57 bits per heavy atom. The van der Waals surface area contributed by atoms with Gasteiger partial charge in [-0.15, -0.1) is 0 Å². The average Bonchev–Trinajstić information content (AvgIpc) is 4.12. The van der Waals surface area contributed by atoms with Gasteiger partial charge in [0.1, 0.15) is 0 Å². The number of halogens is 2. The van der Waals surface area contributed by atoms with Gasteiger partial charge in [0, 0.05) is 105 Å². The first-order valence-electron chi connectivity index (χ1n) is 23.6. The Morgan fingerprint density at radius 2 is 1.04 bits per heavy atom. The van der Waals surface area contributed by atoms with Crippen LogP contribution in [0.3, 0.4) is 0 Å². The number of aromatic amines is 1. The van der Waals surface area contributed by atoms with Crippen molar-refractivity contribution in [3.05, 3.63) is 222 Å². The minimum atomic E-state index is -0.750. The maximum atomic E-state index is 13.0. The number of nitrogen functional groups attached to an aromatic ring is 2. The molecule has 2 amide bonds. The van der Waals surface area contributed by atoms with Crippen molar-refractivity contribution in [1.82, 2.24) is 29.5 Å². The fraction of sp³-hybridized carbons (Fsp3) is 0.0345. The van der Waals surface area contributed by atoms with Gasteiger partial charge in [0.2, 0.25) is 11.9 Å². The van der Waals surface area contributed by atoms with Crippen LogP contribution in [0.25, 0.3) is 50.0 Å². The molecule has 0 radical (unpaired) electrons. The molecule has 382 valence electrons. The predicted octanol–water partition coefficient (Wildman–Crippen LogP) is 12.6. The summed E-state index contributed by atoms with van der Waals surface area (Å²) in [4.78, 5) is 50.5. The summed E-state index contributed by atoms with van der Waals surface area (Å²) in [7, 11) is 3.46. The molecule has 19 heteroatoms. The Kier molecular flexibility index (Phi) is 16.0. The summed E-state index contributed by atoms with van der Waals surface area (Å²) in [6.45, 7) is 0. The van der Waals surface area contributed by atoms with E-state index in [2.05, 4.69) is 65.6 Å². The number of H-pyrrole nitrogens is 1. The molecule has 7 aromatic carbocycles. The number of nitrogens with one attached hydrogen (secondary N) is 3. The van der Waals surface area contributed by atoms with Crippen LogP contribution in [0.4, 0.5) is 46.0 Å². The third-order valence-electron chi connectivity index (χ3n) is 12.2. The molecule has 77 heavy (non-hydrogen) atoms. The molecule has 0 unspecified atom stereocenters. The lowest BCUT2D eigenvalue weighted by molar-refractivity contribution is 0.0985. The Balaban J connectivity index is 0.000000181. The zero-order chi connectivity index (χ0) is 54.0. The maximum absolute atomic E-state index is 13.0. The Labute approximate surface area is 455 Å². The molecule has 0 aliphatic carbocycles. The lowest BCUT2D eigenvalue weighted by Crippen LogP contribution is -2.26. The van der Waals surface area contributed by atoms with Gasteiger partial charge in [-0.05, 0) is 109 Å². The zero-order valence-corrected chi connectivity index (χ0v) is 43.5. The van der Waals surface area contributed by atoms with Crippen molar-refractivity contribution < 1.29 is 18.0 Å². The summed E-state index contributed by atoms with van der Waals surface area (Å²) in [5.41, 5.74) is 22.9. The summed E-state index contributed by atoms with van der Waals surface area (Å²) in [5.74, 6) is 0.508. The molecule has 0 bridgehead atoms. The SMILES string of the molecule is CN(C(=O)c1ccc(N)cc1)c1cccc(Nc2ncc(Cl)c(-c3c[nH]c4ccccc34)n2)c1.CN(C(=O)c1ccc(N)cc1)c1cccc(Nc2ncc(Cl)c(-c3cn(-c4ccccc4)c4ccccc34)n2)c1.O=S=O. The summed E-state index contributed by atoms with van der Waals surface area (Å²) in [6, 6.07) is 54.9. The molecule has 0 aliphatic rings. The summed E-state index contributed by atoms with van der Waals surface area (Å²) >= 11 is 12.3. The minimum Gasteiger partial charge on any atom is -0.399 e. The lowest BCUT2D eigenvalue weighted by atomic mass is 10.1. The number of hydrogen-bond acceptors (Lipinski definition) is 12. The molecule has 0 saturated heterocycles. The molecule has 0 fully saturated rings. The fourth-order valence-electron chi connectivity index (χ4n) is 8.39. The number of benzene rings is 7. The van der Waals surface area contributed by atoms with E-state index in [1.54, 1.807) is 84.8 Å². The van der Waals surface area contributed by atoms with Crippen LogP contribution in [0, 0.1) is 0 Å². The summed E-state index contributed by atoms with van der Waals surface area (Å²) in [6.07, 6.45) is 7.12. The number of carbonyl (C=O) groups excluding carboxylic acids is 2. The van der Waals surface area contributed by atoms with E-state index in [1.807, 2.05) is 109 Å². The summed E-state index contributed by atoms with van der Waals surface area (Å²) in [5, 5.41) is 9.45. The van der Waals surface area contributed by atoms with Crippen molar-refractivity contribution in [3.63, 3.8) is 0 Å². The number of fused-ring (bicyclic) bond motifs is 2. The van der Waals surface area contributed by atoms with Crippen molar-refractivity contribution in [2.45, 2.75) is 0 Å². The first-order valence-corrected chi connectivity index (χ1v) is 25.0. The first-order chi connectivity index (χ1) is 37.4. The molecule has 11 rings (SSSR count). The molecule has 11 aromatic rings. The van der Waals surface area contributed by atoms with E-state index in [9.17, 15) is 9.59 Å². The van der Waals surface area contributed by atoms with Crippen molar-refractivity contribution in [2.75, 3.05) is 46.0 Å². The van der Waals surface area contributed by atoms with Crippen molar-refractivity contribution in [3.8, 4) is 28.2 Å². The van der Waals surface area contributed by atoms with Crippen molar-refractivity contribution >= 4 is 114 Å². The van der Waals surface area contributed by atoms with E-state index in [1.165, 1.54) is 0 Å². The number of nitrogens with two attached hydrogens (primary N) is 2. The van der Waals surface area contributed by atoms with Crippen LogP contribution in [0.2, 0.25) is 10.0 Å². The molecule has 7 N–H and O–H groups in total. The Hall–Kier alpha value is -9.68. The number of hydrogen-bond donors (Lipinski definition) is 5. The van der Waals surface area contributed by atoms with Crippen LogP contribution in [-0.2, 0) is 11.6 Å². The van der Waals surface area contributed by atoms with E-state index in [0.717, 1.165) is 55.7 Å². The van der Waals surface area contributed by atoms with E-state index < -0.39 is 11.6 Å². The van der Waals surface area contributed by atoms with Gasteiger partial charge in [-0.25, -0.2) is 19.9 Å². The Bertz CT molecular complexity index is 3950. The average molecular weight is 1080 g/mol. The normalized spacial score (nSPS) is 10.6. The van der Waals surface area contributed by atoms with Crippen LogP contribution in [0.1, 0.15) is 20.7 Å². The number of carbonyl (C=O) groups is 2. The molecule has 0 saturated carbocycles. The van der Waals surface area contributed by atoms with Crippen molar-refractivity contribution in [2.24, 2.45) is 0 Å². The molecule has 16 nitrogen and oxygen atoms in total. The highest BCUT2D eigenvalue weighted by molar-refractivity contribution is 7.51. The van der Waals surface area contributed by atoms with Gasteiger partial charge in [0.05, 0.1) is 39.3 Å². The highest BCUT2D eigenvalue weighted by Gasteiger charge is 2.19. The predicted molar refractivity (Wildman–Crippen MR) is 309 cm³/mol. The van der Waals surface area contributed by atoms with Gasteiger partial charge in [-0.3, -0.25) is 9.59 Å². The highest BCUT2D eigenvalue weighted by atomic mass is 35.5. The van der Waals surface area contributed by atoms with Gasteiger partial charge in [0.15, 0.2) is 0 Å². The second kappa shape index (κ2) is 23.7. The first kappa shape index (κ1) is 52.2. The van der Waals surface area contributed by atoms with Crippen LogP contribution in [-0.4, -0.2) is 63.8 Å². The van der Waals surface area contributed by atoms with Crippen molar-refractivity contribution in [1.29, 1.82) is 0 Å². The van der Waals surface area contributed by atoms with E-state index in [-0.39, 0.29) is 11.8 Å². The lowest BCUT2D eigenvalue weighted by Gasteiger charge is -2.18. The van der Waals surface area contributed by atoms with Crippen LogP contribution < -0.4 is 31.9 Å². The standard InChI is InChI=1S/C32H25ClN6O.C26H21ClN6O.O2S/c1-38(31(40)21-14-16-22(34)17-15-21)25-11-7-8-23(18-25)36-32-35-19-28(33)30(37-32)27-20-39(24-9-3-2-4-10-24)29-13-6-5-12-26(27)29;1-33(25(34)16-9-11-17(28)12-10-16)19-6-4-5-18(13-19)31-26-30-15-22(27)24(32-26)21-14-29-23-8-3-2-7-20(21)23;1-3-2/h2-20H,34H2,1H3,(H,35,36,37);2-15,29H,28H2,1H3,(H,30,31,32);. The monoisotopic (exact) mass is 1080 g/mol. The van der Waals surface area contributed by atoms with Gasteiger partial charge < -0.3 is 41.5 Å². The highest BCUT2D eigenvalue weighted by Crippen LogP contribution is 2.37. The molecule has 0 spiro atoms. The number of rotatable bonds is 11. The molecule has 0 atom stereocenters. The smallest absolute Gasteiger partial charge is 0.335 e. The topological polar surface area (TPSA) is 223 Å². The fourth-order valence-corrected chi connectivity index (χ4v) is 8.77. The van der Waals surface area contributed by atoms with Gasteiger partial charge in [0.25, 0.3) is 11.8 Å². The number of para-hydroxylation sites is 3. The second-order valence-corrected chi connectivity index (χ2v) is 18.1. The molecular formula is C58H46Cl2N12O4S. The Morgan fingerprint density at radius 1 is 0.571 bits per heavy atom. The molecule has 4 heterocycles. The molecular weight excluding hydrogens is 1030 g/mol. The third kappa shape index (κ3) is 12.0. The van der Waals surface area contributed by atoms with Gasteiger partial charge in [-0.1, -0.05) is 89.9 Å². The van der Waals surface area contributed by atoms with Gasteiger partial charge >= 0.3 is 11.6 Å². The quantitative estimate of drug-likeness (QED) is 0.0763. The van der Waals surface area contributed by atoms with Gasteiger partial charge in [-0.2, -0.15) is 8.42 Å². The van der Waals surface area contributed by atoms with E-state index in [0.29, 0.717) is 61.5 Å². The zero-order valence-electron chi connectivity index (χ0n) is 41.1. The van der Waals surface area contributed by atoms with Crippen LogP contribution in [0.15, 0.2) is 201 Å². The molecule has 4 aromatic heterocycles. The number of anilines is 8. The number of aromatic nitrogens is 6. The third-order valence-corrected chi connectivity index (χ3v) is 12.8. The minimum absolute atomic E-state index is 0.137. The summed E-state index contributed by atoms with van der Waals surface area (Å²) < 4.78 is 18.7. The van der Waals surface area contributed by atoms with Crippen LogP contribution in [0.5, 0.6) is 0 Å².